The van der Waals surface area contributed by atoms with Crippen LogP contribution in [0.5, 0.6) is 0 Å². The van der Waals surface area contributed by atoms with Gasteiger partial charge in [-0.25, -0.2) is 4.79 Å². The number of carbonyl (C=O) groups is 5. The standard InChI is InChI=1S/C21H39N5O6S/c1-6-12(4)17(26-18(28)13(22)10-16(23)27)20(30)25-15(9-11(2)3)19(29)24-14(21(31)32)7-8-33-5/h11-15,17H,6-10,22H2,1-5H3,(H2,23,27)(H,24,29)(H,25,30)(H,26,28)(H,31,32). The number of aliphatic carboxylic acids is 1. The zero-order valence-corrected chi connectivity index (χ0v) is 20.9. The van der Waals surface area contributed by atoms with Crippen LogP contribution in [-0.4, -0.2) is 70.9 Å². The number of hydrogen-bond acceptors (Lipinski definition) is 7. The second kappa shape index (κ2) is 15.5. The van der Waals surface area contributed by atoms with Crippen LogP contribution in [-0.2, 0) is 24.0 Å². The van der Waals surface area contributed by atoms with Crippen LogP contribution in [0.1, 0.15) is 53.4 Å². The molecule has 0 rings (SSSR count). The minimum Gasteiger partial charge on any atom is -0.480 e. The maximum Gasteiger partial charge on any atom is 0.326 e. The summed E-state index contributed by atoms with van der Waals surface area (Å²) in [6.07, 6.45) is 2.52. The van der Waals surface area contributed by atoms with Gasteiger partial charge in [0, 0.05) is 0 Å². The minimum absolute atomic E-state index is 0.0242. The van der Waals surface area contributed by atoms with Crippen molar-refractivity contribution in [1.29, 1.82) is 0 Å². The van der Waals surface area contributed by atoms with Gasteiger partial charge in [-0.3, -0.25) is 19.2 Å². The van der Waals surface area contributed by atoms with Gasteiger partial charge in [0.2, 0.25) is 23.6 Å². The Labute approximate surface area is 199 Å². The Morgan fingerprint density at radius 2 is 1.52 bits per heavy atom. The number of carbonyl (C=O) groups excluding carboxylic acids is 4. The molecule has 0 aromatic heterocycles. The summed E-state index contributed by atoms with van der Waals surface area (Å²) in [6.45, 7) is 7.32. The van der Waals surface area contributed by atoms with Crippen LogP contribution in [0.15, 0.2) is 0 Å². The van der Waals surface area contributed by atoms with E-state index in [4.69, 9.17) is 11.5 Å². The molecule has 12 heteroatoms. The summed E-state index contributed by atoms with van der Waals surface area (Å²) >= 11 is 1.46. The van der Waals surface area contributed by atoms with Crippen molar-refractivity contribution in [2.45, 2.75) is 77.5 Å². The smallest absolute Gasteiger partial charge is 0.326 e. The Hall–Kier alpha value is -2.34. The molecule has 33 heavy (non-hydrogen) atoms. The fourth-order valence-corrected chi connectivity index (χ4v) is 3.47. The molecule has 0 aromatic rings. The van der Waals surface area contributed by atoms with Gasteiger partial charge in [-0.15, -0.1) is 0 Å². The maximum absolute atomic E-state index is 13.1. The van der Waals surface area contributed by atoms with Gasteiger partial charge in [0.1, 0.15) is 18.1 Å². The van der Waals surface area contributed by atoms with E-state index in [9.17, 15) is 29.1 Å². The molecule has 0 aromatic carbocycles. The van der Waals surface area contributed by atoms with Gasteiger partial charge in [0.25, 0.3) is 0 Å². The van der Waals surface area contributed by atoms with E-state index in [1.165, 1.54) is 11.8 Å². The Morgan fingerprint density at radius 3 is 1.97 bits per heavy atom. The Balaban J connectivity index is 5.52. The molecular weight excluding hydrogens is 450 g/mol. The number of amides is 4. The number of primary amides is 1. The SMILES string of the molecule is CCC(C)C(NC(=O)C(N)CC(N)=O)C(=O)NC(CC(C)C)C(=O)NC(CCSC)C(=O)O. The number of hydrogen-bond donors (Lipinski definition) is 6. The Kier molecular flexibility index (Phi) is 14.4. The minimum atomic E-state index is -1.20. The van der Waals surface area contributed by atoms with Crippen molar-refractivity contribution in [2.75, 3.05) is 12.0 Å². The molecule has 0 aliphatic rings. The van der Waals surface area contributed by atoms with E-state index in [2.05, 4.69) is 16.0 Å². The highest BCUT2D eigenvalue weighted by atomic mass is 32.2. The van der Waals surface area contributed by atoms with Crippen molar-refractivity contribution < 1.29 is 29.1 Å². The summed E-state index contributed by atoms with van der Waals surface area (Å²) in [5, 5.41) is 17.1. The van der Waals surface area contributed by atoms with Crippen molar-refractivity contribution >= 4 is 41.4 Å². The fourth-order valence-electron chi connectivity index (χ4n) is 3.00. The van der Waals surface area contributed by atoms with Gasteiger partial charge in [-0.05, 0) is 36.7 Å². The quantitative estimate of drug-likeness (QED) is 0.168. The van der Waals surface area contributed by atoms with Crippen LogP contribution >= 0.6 is 11.8 Å². The molecule has 0 radical (unpaired) electrons. The molecule has 4 amide bonds. The van der Waals surface area contributed by atoms with E-state index in [0.717, 1.165) is 0 Å². The van der Waals surface area contributed by atoms with E-state index in [-0.39, 0.29) is 31.1 Å². The molecule has 0 aliphatic carbocycles. The number of carboxylic acid groups (broad SMARTS) is 1. The lowest BCUT2D eigenvalue weighted by Crippen LogP contribution is -2.59. The zero-order chi connectivity index (χ0) is 25.7. The molecule has 190 valence electrons. The average molecular weight is 490 g/mol. The number of rotatable bonds is 16. The molecule has 8 N–H and O–H groups in total. The van der Waals surface area contributed by atoms with Crippen LogP contribution in [0.2, 0.25) is 0 Å². The molecule has 11 nitrogen and oxygen atoms in total. The van der Waals surface area contributed by atoms with E-state index < -0.39 is 53.8 Å². The first-order chi connectivity index (χ1) is 15.3. The third kappa shape index (κ3) is 11.9. The molecule has 5 atom stereocenters. The van der Waals surface area contributed by atoms with Gasteiger partial charge in [0.05, 0.1) is 12.5 Å². The first-order valence-corrected chi connectivity index (χ1v) is 12.4. The first-order valence-electron chi connectivity index (χ1n) is 11.0. The van der Waals surface area contributed by atoms with Crippen LogP contribution in [0, 0.1) is 11.8 Å². The number of thioether (sulfide) groups is 1. The van der Waals surface area contributed by atoms with Crippen molar-refractivity contribution in [3.05, 3.63) is 0 Å². The highest BCUT2D eigenvalue weighted by Gasteiger charge is 2.32. The molecule has 0 spiro atoms. The summed E-state index contributed by atoms with van der Waals surface area (Å²) in [5.74, 6) is -3.54. The van der Waals surface area contributed by atoms with Crippen molar-refractivity contribution in [1.82, 2.24) is 16.0 Å². The van der Waals surface area contributed by atoms with Crippen molar-refractivity contribution in [3.8, 4) is 0 Å². The lowest BCUT2D eigenvalue weighted by Gasteiger charge is -2.28. The number of carboxylic acids is 1. The predicted molar refractivity (Wildman–Crippen MR) is 127 cm³/mol. The second-order valence-electron chi connectivity index (χ2n) is 8.52. The van der Waals surface area contributed by atoms with Gasteiger partial charge in [-0.2, -0.15) is 11.8 Å². The van der Waals surface area contributed by atoms with Crippen LogP contribution < -0.4 is 27.4 Å². The Morgan fingerprint density at radius 1 is 0.939 bits per heavy atom. The van der Waals surface area contributed by atoms with Crippen LogP contribution in [0.25, 0.3) is 0 Å². The molecule has 0 bridgehead atoms. The Bertz CT molecular complexity index is 690. The van der Waals surface area contributed by atoms with E-state index in [1.807, 2.05) is 27.0 Å². The third-order valence-corrected chi connectivity index (χ3v) is 5.76. The first kappa shape index (κ1) is 30.7. The molecule has 0 heterocycles. The number of nitrogens with two attached hydrogens (primary N) is 2. The van der Waals surface area contributed by atoms with E-state index >= 15 is 0 Å². The molecule has 0 saturated carbocycles. The van der Waals surface area contributed by atoms with E-state index in [0.29, 0.717) is 12.2 Å². The fraction of sp³-hybridized carbons (Fsp3) is 0.762. The second-order valence-corrected chi connectivity index (χ2v) is 9.51. The van der Waals surface area contributed by atoms with Gasteiger partial charge in [-0.1, -0.05) is 34.1 Å². The summed E-state index contributed by atoms with van der Waals surface area (Å²) in [5.41, 5.74) is 10.8. The number of nitrogens with one attached hydrogen (secondary N) is 3. The normalized spacial score (nSPS) is 15.6. The largest absolute Gasteiger partial charge is 0.480 e. The predicted octanol–water partition coefficient (Wildman–Crippen LogP) is -0.427. The topological polar surface area (TPSA) is 194 Å². The monoisotopic (exact) mass is 489 g/mol. The molecule has 0 fully saturated rings. The molecule has 0 saturated heterocycles. The van der Waals surface area contributed by atoms with Gasteiger partial charge in [0.15, 0.2) is 0 Å². The van der Waals surface area contributed by atoms with Crippen LogP contribution in [0.4, 0.5) is 0 Å². The van der Waals surface area contributed by atoms with E-state index in [1.54, 1.807) is 6.92 Å². The lowest BCUT2D eigenvalue weighted by molar-refractivity contribution is -0.142. The van der Waals surface area contributed by atoms with Crippen LogP contribution in [0.3, 0.4) is 0 Å². The average Bonchev–Trinajstić information content (AvgIpc) is 2.72. The maximum atomic E-state index is 13.1. The lowest BCUT2D eigenvalue weighted by atomic mass is 9.96. The highest BCUT2D eigenvalue weighted by molar-refractivity contribution is 7.98. The summed E-state index contributed by atoms with van der Waals surface area (Å²) in [4.78, 5) is 60.8. The van der Waals surface area contributed by atoms with Gasteiger partial charge >= 0.3 is 5.97 Å². The zero-order valence-electron chi connectivity index (χ0n) is 20.1. The summed E-state index contributed by atoms with van der Waals surface area (Å²) < 4.78 is 0. The summed E-state index contributed by atoms with van der Waals surface area (Å²) in [6, 6.07) is -4.27. The highest BCUT2D eigenvalue weighted by Crippen LogP contribution is 2.12. The van der Waals surface area contributed by atoms with Gasteiger partial charge < -0.3 is 32.5 Å². The summed E-state index contributed by atoms with van der Waals surface area (Å²) in [7, 11) is 0. The molecular formula is C21H39N5O6S. The molecule has 0 aliphatic heterocycles. The van der Waals surface area contributed by atoms with Crippen molar-refractivity contribution in [3.63, 3.8) is 0 Å². The molecule has 5 unspecified atom stereocenters. The third-order valence-electron chi connectivity index (χ3n) is 5.12. The van der Waals surface area contributed by atoms with Crippen molar-refractivity contribution in [2.24, 2.45) is 23.3 Å².